The molecule has 0 radical (unpaired) electrons. The van der Waals surface area contributed by atoms with E-state index in [1.165, 1.54) is 0 Å². The molecule has 0 aliphatic rings. The summed E-state index contributed by atoms with van der Waals surface area (Å²) in [6, 6.07) is 0. The molecule has 68 valence electrons. The van der Waals surface area contributed by atoms with Crippen molar-refractivity contribution in [3.63, 3.8) is 0 Å². The Bertz CT molecular complexity index is 102. The van der Waals surface area contributed by atoms with Crippen LogP contribution in [0.15, 0.2) is 0 Å². The summed E-state index contributed by atoms with van der Waals surface area (Å²) in [5.41, 5.74) is 0. The summed E-state index contributed by atoms with van der Waals surface area (Å²) in [4.78, 5) is 0. The Labute approximate surface area is 67.7 Å². The zero-order valence-electron chi connectivity index (χ0n) is 7.36. The molecular weight excluding hydrogens is 144 g/mol. The fourth-order valence-corrected chi connectivity index (χ4v) is 1.04. The van der Waals surface area contributed by atoms with E-state index >= 15 is 0 Å². The van der Waals surface area contributed by atoms with Gasteiger partial charge in [0.2, 0.25) is 0 Å². The van der Waals surface area contributed by atoms with Crippen LogP contribution in [0.3, 0.4) is 0 Å². The third-order valence-corrected chi connectivity index (χ3v) is 1.95. The molecule has 0 unspecified atom stereocenters. The molecule has 3 nitrogen and oxygen atoms in total. The van der Waals surface area contributed by atoms with Gasteiger partial charge in [0.05, 0.1) is 18.8 Å². The van der Waals surface area contributed by atoms with Gasteiger partial charge in [-0.1, -0.05) is 13.8 Å². The third kappa shape index (κ3) is 3.18. The Kier molecular flexibility index (Phi) is 4.65. The molecule has 0 rings (SSSR count). The number of hydrogen-bond acceptors (Lipinski definition) is 3. The predicted octanol–water partition coefficient (Wildman–Crippen LogP) is -0.00740. The minimum atomic E-state index is -0.655. The first kappa shape index (κ1) is 10.9. The molecule has 11 heavy (non-hydrogen) atoms. The summed E-state index contributed by atoms with van der Waals surface area (Å²) >= 11 is 0. The normalized spacial score (nSPS) is 19.9. The van der Waals surface area contributed by atoms with E-state index in [9.17, 15) is 5.11 Å². The first-order valence-corrected chi connectivity index (χ1v) is 3.97. The van der Waals surface area contributed by atoms with Crippen LogP contribution in [0.25, 0.3) is 0 Å². The Hall–Kier alpha value is -0.120. The fourth-order valence-electron chi connectivity index (χ4n) is 1.04. The van der Waals surface area contributed by atoms with Gasteiger partial charge in [0, 0.05) is 5.92 Å². The van der Waals surface area contributed by atoms with E-state index in [-0.39, 0.29) is 12.5 Å². The first-order valence-electron chi connectivity index (χ1n) is 3.97. The minimum absolute atomic E-state index is 0.0711. The molecule has 0 aliphatic heterocycles. The summed E-state index contributed by atoms with van der Waals surface area (Å²) in [6.45, 7) is 5.12. The largest absolute Gasteiger partial charge is 0.396 e. The molecule has 0 amide bonds. The first-order chi connectivity index (χ1) is 5.00. The van der Waals surface area contributed by atoms with Gasteiger partial charge in [-0.05, 0) is 12.8 Å². The standard InChI is InChI=1S/C8H18O3/c1-5(2)8(11)7(4-9)6(3)10/h5-11H,4H2,1-3H3/t6-,7+,8+/m1/s1. The van der Waals surface area contributed by atoms with Gasteiger partial charge in [0.15, 0.2) is 0 Å². The van der Waals surface area contributed by atoms with E-state index in [1.54, 1.807) is 6.92 Å². The van der Waals surface area contributed by atoms with E-state index < -0.39 is 18.1 Å². The maximum absolute atomic E-state index is 9.44. The Morgan fingerprint density at radius 3 is 1.64 bits per heavy atom. The molecule has 0 aliphatic carbocycles. The number of aliphatic hydroxyl groups excluding tert-OH is 3. The van der Waals surface area contributed by atoms with Crippen LogP contribution in [0.1, 0.15) is 20.8 Å². The maximum Gasteiger partial charge on any atom is 0.0637 e. The van der Waals surface area contributed by atoms with Crippen molar-refractivity contribution in [2.24, 2.45) is 11.8 Å². The number of aliphatic hydroxyl groups is 3. The highest BCUT2D eigenvalue weighted by Gasteiger charge is 2.25. The molecule has 0 bridgehead atoms. The van der Waals surface area contributed by atoms with Crippen LogP contribution >= 0.6 is 0 Å². The lowest BCUT2D eigenvalue weighted by atomic mass is 9.90. The predicted molar refractivity (Wildman–Crippen MR) is 43.1 cm³/mol. The highest BCUT2D eigenvalue weighted by Crippen LogP contribution is 2.15. The third-order valence-electron chi connectivity index (χ3n) is 1.95. The van der Waals surface area contributed by atoms with Gasteiger partial charge >= 0.3 is 0 Å². The van der Waals surface area contributed by atoms with Crippen LogP contribution in [-0.4, -0.2) is 34.1 Å². The van der Waals surface area contributed by atoms with Gasteiger partial charge in [-0.2, -0.15) is 0 Å². The maximum atomic E-state index is 9.44. The fraction of sp³-hybridized carbons (Fsp3) is 1.00. The molecule has 0 heterocycles. The average molecular weight is 162 g/mol. The Balaban J connectivity index is 4.02. The molecule has 0 aromatic rings. The highest BCUT2D eigenvalue weighted by molar-refractivity contribution is 4.74. The zero-order chi connectivity index (χ0) is 9.02. The van der Waals surface area contributed by atoms with Crippen molar-refractivity contribution >= 4 is 0 Å². The second-order valence-corrected chi connectivity index (χ2v) is 3.32. The van der Waals surface area contributed by atoms with Crippen LogP contribution in [0.4, 0.5) is 0 Å². The van der Waals surface area contributed by atoms with E-state index in [2.05, 4.69) is 0 Å². The average Bonchev–Trinajstić information content (AvgIpc) is 1.88. The van der Waals surface area contributed by atoms with Crippen molar-refractivity contribution < 1.29 is 15.3 Å². The lowest BCUT2D eigenvalue weighted by Gasteiger charge is -2.26. The summed E-state index contributed by atoms with van der Waals surface area (Å²) in [7, 11) is 0. The van der Waals surface area contributed by atoms with Crippen LogP contribution < -0.4 is 0 Å². The van der Waals surface area contributed by atoms with E-state index in [0.717, 1.165) is 0 Å². The topological polar surface area (TPSA) is 60.7 Å². The van der Waals surface area contributed by atoms with Crippen molar-refractivity contribution in [1.29, 1.82) is 0 Å². The van der Waals surface area contributed by atoms with Gasteiger partial charge < -0.3 is 15.3 Å². The number of hydrogen-bond donors (Lipinski definition) is 3. The molecule has 3 N–H and O–H groups in total. The number of rotatable bonds is 4. The van der Waals surface area contributed by atoms with Gasteiger partial charge in [-0.25, -0.2) is 0 Å². The molecule has 3 heteroatoms. The Morgan fingerprint density at radius 1 is 1.09 bits per heavy atom. The summed E-state index contributed by atoms with van der Waals surface area (Å²) in [5.74, 6) is -0.350. The second kappa shape index (κ2) is 4.70. The molecule has 0 saturated heterocycles. The SMILES string of the molecule is CC(C)[C@H](O)[C@@H](CO)[C@@H](C)O. The van der Waals surface area contributed by atoms with Gasteiger partial charge in [0.1, 0.15) is 0 Å². The van der Waals surface area contributed by atoms with Crippen LogP contribution in [-0.2, 0) is 0 Å². The van der Waals surface area contributed by atoms with Crippen LogP contribution in [0.2, 0.25) is 0 Å². The van der Waals surface area contributed by atoms with Crippen molar-refractivity contribution in [3.8, 4) is 0 Å². The van der Waals surface area contributed by atoms with E-state index in [1.807, 2.05) is 13.8 Å². The van der Waals surface area contributed by atoms with Crippen molar-refractivity contribution in [1.82, 2.24) is 0 Å². The smallest absolute Gasteiger partial charge is 0.0637 e. The summed E-state index contributed by atoms with van der Waals surface area (Å²) < 4.78 is 0. The molecular formula is C8H18O3. The van der Waals surface area contributed by atoms with Gasteiger partial charge in [-0.15, -0.1) is 0 Å². The lowest BCUT2D eigenvalue weighted by Crippen LogP contribution is -2.36. The zero-order valence-corrected chi connectivity index (χ0v) is 7.36. The molecule has 0 aromatic heterocycles. The molecule has 0 spiro atoms. The Morgan fingerprint density at radius 2 is 1.55 bits per heavy atom. The molecule has 0 saturated carbocycles. The van der Waals surface area contributed by atoms with Crippen molar-refractivity contribution in [2.75, 3.05) is 6.61 Å². The molecule has 0 aromatic carbocycles. The van der Waals surface area contributed by atoms with E-state index in [4.69, 9.17) is 10.2 Å². The minimum Gasteiger partial charge on any atom is -0.396 e. The highest BCUT2D eigenvalue weighted by atomic mass is 16.3. The van der Waals surface area contributed by atoms with Gasteiger partial charge in [-0.3, -0.25) is 0 Å². The summed E-state index contributed by atoms with van der Waals surface area (Å²) in [6.07, 6.45) is -1.28. The van der Waals surface area contributed by atoms with Crippen molar-refractivity contribution in [2.45, 2.75) is 33.0 Å². The van der Waals surface area contributed by atoms with Crippen LogP contribution in [0.5, 0.6) is 0 Å². The monoisotopic (exact) mass is 162 g/mol. The van der Waals surface area contributed by atoms with Crippen molar-refractivity contribution in [3.05, 3.63) is 0 Å². The van der Waals surface area contributed by atoms with Gasteiger partial charge in [0.25, 0.3) is 0 Å². The van der Waals surface area contributed by atoms with E-state index in [0.29, 0.717) is 0 Å². The summed E-state index contributed by atoms with van der Waals surface area (Å²) in [5, 5.41) is 27.3. The van der Waals surface area contributed by atoms with Crippen LogP contribution in [0, 0.1) is 11.8 Å². The quantitative estimate of drug-likeness (QED) is 0.545. The molecule has 3 atom stereocenters. The lowest BCUT2D eigenvalue weighted by molar-refractivity contribution is -0.0289. The molecule has 0 fully saturated rings. The second-order valence-electron chi connectivity index (χ2n) is 3.32.